The second-order valence-electron chi connectivity index (χ2n) is 8.32. The number of hydrogen-bond acceptors (Lipinski definition) is 5. The van der Waals surface area contributed by atoms with Crippen molar-refractivity contribution in [3.05, 3.63) is 53.8 Å². The number of hydrogen-bond donors (Lipinski definition) is 1. The topological polar surface area (TPSA) is 44.4 Å². The van der Waals surface area contributed by atoms with E-state index in [1.165, 1.54) is 0 Å². The summed E-state index contributed by atoms with van der Waals surface area (Å²) < 4.78 is 21.2. The van der Waals surface area contributed by atoms with E-state index >= 15 is 4.39 Å². The van der Waals surface area contributed by atoms with Gasteiger partial charge in [0, 0.05) is 59.2 Å². The van der Waals surface area contributed by atoms with E-state index in [1.807, 2.05) is 35.8 Å². The number of thiophene rings is 1. The van der Waals surface area contributed by atoms with E-state index in [0.717, 1.165) is 75.4 Å². The summed E-state index contributed by atoms with van der Waals surface area (Å²) in [5, 5.41) is 3.84. The molecule has 32 heavy (non-hydrogen) atoms. The Morgan fingerprint density at radius 3 is 2.69 bits per heavy atom. The molecule has 7 heteroatoms. The molecule has 0 spiro atoms. The molecule has 2 aromatic carbocycles. The molecule has 3 aliphatic rings. The van der Waals surface area contributed by atoms with Gasteiger partial charge in [-0.15, -0.1) is 11.3 Å². The zero-order chi connectivity index (χ0) is 21.8. The van der Waals surface area contributed by atoms with Crippen LogP contribution in [0.1, 0.15) is 0 Å². The Morgan fingerprint density at radius 1 is 1.09 bits per heavy atom. The fourth-order valence-corrected chi connectivity index (χ4v) is 5.51. The number of nitrogens with zero attached hydrogens (tertiary/aromatic N) is 3. The first-order valence-electron chi connectivity index (χ1n) is 10.7. The van der Waals surface area contributed by atoms with Gasteiger partial charge >= 0.3 is 0 Å². The van der Waals surface area contributed by atoms with Crippen molar-refractivity contribution in [2.75, 3.05) is 45.2 Å². The van der Waals surface area contributed by atoms with Gasteiger partial charge in [-0.2, -0.15) is 0 Å². The van der Waals surface area contributed by atoms with Crippen molar-refractivity contribution in [3.8, 4) is 27.4 Å². The van der Waals surface area contributed by atoms with E-state index in [4.69, 9.17) is 9.72 Å². The quantitative estimate of drug-likeness (QED) is 0.400. The van der Waals surface area contributed by atoms with Crippen LogP contribution in [0.5, 0.6) is 5.75 Å². The van der Waals surface area contributed by atoms with Gasteiger partial charge < -0.3 is 19.5 Å². The van der Waals surface area contributed by atoms with Crippen molar-refractivity contribution in [3.63, 3.8) is 0 Å². The van der Waals surface area contributed by atoms with E-state index < -0.39 is 0 Å². The number of rotatable bonds is 3. The summed E-state index contributed by atoms with van der Waals surface area (Å²) in [5.41, 5.74) is 5.18. The van der Waals surface area contributed by atoms with E-state index in [9.17, 15) is 0 Å². The van der Waals surface area contributed by atoms with Gasteiger partial charge in [-0.3, -0.25) is 0 Å². The number of anilines is 1. The highest BCUT2D eigenvalue weighted by molar-refractivity contribution is 7.13. The lowest BCUT2D eigenvalue weighted by molar-refractivity contribution is 0.312. The molecule has 0 saturated carbocycles. The summed E-state index contributed by atoms with van der Waals surface area (Å²) in [6.07, 6.45) is 2.00. The molecule has 4 heterocycles. The van der Waals surface area contributed by atoms with E-state index in [1.54, 1.807) is 24.5 Å². The number of likely N-dealkylation sites (N-methyl/N-ethyl adjacent to an activating group) is 1. The normalized spacial score (nSPS) is 15.3. The first-order chi connectivity index (χ1) is 15.6. The van der Waals surface area contributed by atoms with Crippen LogP contribution in [0, 0.1) is 5.82 Å². The van der Waals surface area contributed by atoms with Crippen LogP contribution in [-0.4, -0.2) is 55.2 Å². The molecule has 1 saturated heterocycles. The van der Waals surface area contributed by atoms with Gasteiger partial charge in [-0.25, -0.2) is 9.37 Å². The molecule has 6 rings (SSSR count). The Bertz CT molecular complexity index is 1400. The Hall–Kier alpha value is -3.16. The molecule has 1 fully saturated rings. The number of H-pyrrole nitrogens is 1. The van der Waals surface area contributed by atoms with Crippen molar-refractivity contribution >= 4 is 38.8 Å². The SMILES string of the molecule is COc1ccc2nc3c4cc(F)c(N5CCN(C)CC5)c(-c5cccs5)c4[nH]cc-3c2c1. The van der Waals surface area contributed by atoms with Crippen LogP contribution in [0.3, 0.4) is 0 Å². The first kappa shape index (κ1) is 19.5. The van der Waals surface area contributed by atoms with Crippen LogP contribution in [-0.2, 0) is 0 Å². The molecule has 0 amide bonds. The molecule has 0 aliphatic carbocycles. The number of halogens is 1. The van der Waals surface area contributed by atoms with Crippen molar-refractivity contribution in [2.45, 2.75) is 0 Å². The summed E-state index contributed by atoms with van der Waals surface area (Å²) in [4.78, 5) is 13.9. The number of aromatic amines is 1. The number of fused-ring (bicyclic) bond motifs is 5. The maximum Gasteiger partial charge on any atom is 0.147 e. The molecule has 3 aliphatic heterocycles. The molecule has 0 atom stereocenters. The van der Waals surface area contributed by atoms with Gasteiger partial charge in [0.2, 0.25) is 0 Å². The van der Waals surface area contributed by atoms with Crippen molar-refractivity contribution in [2.24, 2.45) is 0 Å². The molecular formula is C25H23FN4OS. The monoisotopic (exact) mass is 446 g/mol. The molecule has 1 aromatic heterocycles. The number of aromatic nitrogens is 2. The fraction of sp³-hybridized carbons (Fsp3) is 0.240. The molecule has 3 aromatic rings. The van der Waals surface area contributed by atoms with Crippen molar-refractivity contribution < 1.29 is 9.13 Å². The van der Waals surface area contributed by atoms with Crippen molar-refractivity contribution in [1.29, 1.82) is 0 Å². The zero-order valence-corrected chi connectivity index (χ0v) is 18.8. The summed E-state index contributed by atoms with van der Waals surface area (Å²) in [7, 11) is 3.77. The molecule has 162 valence electrons. The van der Waals surface area contributed by atoms with Gasteiger partial charge in [0.25, 0.3) is 0 Å². The van der Waals surface area contributed by atoms with Crippen LogP contribution >= 0.6 is 11.3 Å². The third-order valence-electron chi connectivity index (χ3n) is 6.44. The molecular weight excluding hydrogens is 423 g/mol. The number of ether oxygens (including phenoxy) is 1. The minimum atomic E-state index is -0.198. The molecule has 0 bridgehead atoms. The van der Waals surface area contributed by atoms with Crippen LogP contribution in [0.4, 0.5) is 10.1 Å². The van der Waals surface area contributed by atoms with Gasteiger partial charge in [0.1, 0.15) is 11.6 Å². The third-order valence-corrected chi connectivity index (χ3v) is 7.33. The largest absolute Gasteiger partial charge is 0.497 e. The lowest BCUT2D eigenvalue weighted by Gasteiger charge is -2.35. The number of nitrogens with one attached hydrogen (secondary N) is 1. The molecule has 0 radical (unpaired) electrons. The summed E-state index contributed by atoms with van der Waals surface area (Å²) in [6, 6.07) is 11.6. The predicted molar refractivity (Wildman–Crippen MR) is 130 cm³/mol. The van der Waals surface area contributed by atoms with Crippen LogP contribution < -0.4 is 9.64 Å². The Kier molecular flexibility index (Phi) is 4.55. The number of benzene rings is 2. The van der Waals surface area contributed by atoms with Gasteiger partial charge in [-0.05, 0) is 42.8 Å². The van der Waals surface area contributed by atoms with Gasteiger partial charge in [0.05, 0.1) is 29.5 Å². The number of piperazine rings is 1. The standard InChI is InChI=1S/C25H23FN4OS/c1-29-7-9-30(10-8-29)25-19(26)13-17-23-18(16-12-15(31-2)5-6-20(16)28-23)14-27-24(17)22(25)21-4-3-11-32-21/h3-6,11-14,27H,7-10H2,1-2H3. The second-order valence-corrected chi connectivity index (χ2v) is 9.27. The number of pyridine rings is 1. The second kappa shape index (κ2) is 7.46. The maximum absolute atomic E-state index is 15.8. The highest BCUT2D eigenvalue weighted by Gasteiger charge is 2.27. The van der Waals surface area contributed by atoms with E-state index in [0.29, 0.717) is 5.69 Å². The Labute approximate surface area is 189 Å². The molecule has 1 N–H and O–H groups in total. The highest BCUT2D eigenvalue weighted by Crippen LogP contribution is 2.45. The van der Waals surface area contributed by atoms with Crippen LogP contribution in [0.15, 0.2) is 48.0 Å². The lowest BCUT2D eigenvalue weighted by Crippen LogP contribution is -2.45. The van der Waals surface area contributed by atoms with Crippen LogP contribution in [0.2, 0.25) is 0 Å². The maximum atomic E-state index is 15.8. The van der Waals surface area contributed by atoms with Crippen LogP contribution in [0.25, 0.3) is 43.5 Å². The summed E-state index contributed by atoms with van der Waals surface area (Å²) in [5.74, 6) is 0.582. The van der Waals surface area contributed by atoms with Gasteiger partial charge in [0.15, 0.2) is 0 Å². The third kappa shape index (κ3) is 2.96. The average Bonchev–Trinajstić information content (AvgIpc) is 3.46. The van der Waals surface area contributed by atoms with Crippen molar-refractivity contribution in [1.82, 2.24) is 14.9 Å². The Balaban J connectivity index is 1.65. The van der Waals surface area contributed by atoms with Gasteiger partial charge in [-0.1, -0.05) is 6.07 Å². The van der Waals surface area contributed by atoms with E-state index in [2.05, 4.69) is 27.9 Å². The van der Waals surface area contributed by atoms with E-state index in [-0.39, 0.29) is 5.82 Å². The first-order valence-corrected chi connectivity index (χ1v) is 11.6. The predicted octanol–water partition coefficient (Wildman–Crippen LogP) is 5.45. The minimum Gasteiger partial charge on any atom is -0.497 e. The zero-order valence-electron chi connectivity index (χ0n) is 18.0. The molecule has 0 unspecified atom stereocenters. The average molecular weight is 447 g/mol. The minimum absolute atomic E-state index is 0.198. The smallest absolute Gasteiger partial charge is 0.147 e. The molecule has 5 nitrogen and oxygen atoms in total. The fourth-order valence-electron chi connectivity index (χ4n) is 4.74. The lowest BCUT2D eigenvalue weighted by atomic mass is 9.99. The Morgan fingerprint density at radius 2 is 1.94 bits per heavy atom. The highest BCUT2D eigenvalue weighted by atomic mass is 32.1. The summed E-state index contributed by atoms with van der Waals surface area (Å²) >= 11 is 1.63. The summed E-state index contributed by atoms with van der Waals surface area (Å²) in [6.45, 7) is 3.44. The number of methoxy groups -OCH3 is 1.